The Labute approximate surface area is 167 Å². The summed E-state index contributed by atoms with van der Waals surface area (Å²) >= 11 is 0. The van der Waals surface area contributed by atoms with Gasteiger partial charge in [0.15, 0.2) is 0 Å². The van der Waals surface area contributed by atoms with Crippen LogP contribution in [0.3, 0.4) is 0 Å². The van der Waals surface area contributed by atoms with Gasteiger partial charge in [-0.1, -0.05) is 12.1 Å². The molecule has 5 rings (SSSR count). The molecule has 1 N–H and O–H groups in total. The molecule has 0 aliphatic heterocycles. The van der Waals surface area contributed by atoms with Crippen LogP contribution in [0.1, 0.15) is 18.4 Å². The number of ether oxygens (including phenoxy) is 1. The van der Waals surface area contributed by atoms with E-state index in [2.05, 4.69) is 10.3 Å². The van der Waals surface area contributed by atoms with Crippen molar-refractivity contribution in [2.45, 2.75) is 31.5 Å². The molecule has 1 fully saturated rings. The first kappa shape index (κ1) is 18.0. The second-order valence-electron chi connectivity index (χ2n) is 7.57. The summed E-state index contributed by atoms with van der Waals surface area (Å²) in [6, 6.07) is 15.9. The van der Waals surface area contributed by atoms with Crippen molar-refractivity contribution in [2.75, 3.05) is 0 Å². The molecule has 1 aliphatic carbocycles. The molecule has 0 saturated heterocycles. The highest BCUT2D eigenvalue weighted by atomic mass is 19.1. The van der Waals surface area contributed by atoms with Crippen LogP contribution in [0.4, 0.5) is 8.78 Å². The van der Waals surface area contributed by atoms with Crippen LogP contribution < -0.4 is 10.1 Å². The van der Waals surface area contributed by atoms with Gasteiger partial charge in [0.05, 0.1) is 0 Å². The Balaban J connectivity index is 1.20. The Morgan fingerprint density at radius 3 is 2.66 bits per heavy atom. The number of halogens is 2. The number of benzene rings is 3. The van der Waals surface area contributed by atoms with E-state index in [4.69, 9.17) is 4.74 Å². The normalized spacial score (nSPS) is 18.7. The molecule has 1 aromatic heterocycles. The lowest BCUT2D eigenvalue weighted by Gasteiger charge is -2.36. The molecule has 1 aliphatic rings. The lowest BCUT2D eigenvalue weighted by atomic mass is 9.89. The molecule has 5 heteroatoms. The highest BCUT2D eigenvalue weighted by Crippen LogP contribution is 2.29. The first-order valence-corrected chi connectivity index (χ1v) is 9.76. The van der Waals surface area contributed by atoms with E-state index in [1.807, 2.05) is 24.3 Å². The van der Waals surface area contributed by atoms with E-state index in [0.29, 0.717) is 12.1 Å². The van der Waals surface area contributed by atoms with Crippen LogP contribution in [0, 0.1) is 11.6 Å². The van der Waals surface area contributed by atoms with E-state index in [-0.39, 0.29) is 23.8 Å². The fraction of sp³-hybridized carbons (Fsp3) is 0.208. The van der Waals surface area contributed by atoms with Gasteiger partial charge < -0.3 is 10.1 Å². The lowest BCUT2D eigenvalue weighted by molar-refractivity contribution is 0.0844. The predicted octanol–water partition coefficient (Wildman–Crippen LogP) is 5.37. The fourth-order valence-electron chi connectivity index (χ4n) is 3.92. The third-order valence-corrected chi connectivity index (χ3v) is 5.61. The number of nitrogens with one attached hydrogen (secondary N) is 1. The van der Waals surface area contributed by atoms with Crippen LogP contribution >= 0.6 is 0 Å². The molecule has 0 spiro atoms. The summed E-state index contributed by atoms with van der Waals surface area (Å²) in [4.78, 5) is 4.10. The molecule has 3 nitrogen and oxygen atoms in total. The van der Waals surface area contributed by atoms with Crippen molar-refractivity contribution >= 4 is 21.5 Å². The third kappa shape index (κ3) is 3.66. The van der Waals surface area contributed by atoms with Crippen molar-refractivity contribution in [1.82, 2.24) is 10.3 Å². The maximum atomic E-state index is 14.3. The van der Waals surface area contributed by atoms with E-state index in [9.17, 15) is 8.78 Å². The van der Waals surface area contributed by atoms with E-state index >= 15 is 0 Å². The van der Waals surface area contributed by atoms with E-state index in [1.54, 1.807) is 24.5 Å². The first-order valence-electron chi connectivity index (χ1n) is 9.76. The van der Waals surface area contributed by atoms with Gasteiger partial charge in [0, 0.05) is 35.9 Å². The molecule has 4 aromatic rings. The van der Waals surface area contributed by atoms with Crippen LogP contribution in [0.15, 0.2) is 67.0 Å². The molecule has 0 amide bonds. The van der Waals surface area contributed by atoms with Gasteiger partial charge in [-0.3, -0.25) is 4.98 Å². The van der Waals surface area contributed by atoms with E-state index in [0.717, 1.165) is 40.1 Å². The lowest BCUT2D eigenvalue weighted by Crippen LogP contribution is -2.46. The van der Waals surface area contributed by atoms with E-state index < -0.39 is 0 Å². The Morgan fingerprint density at radius 2 is 1.76 bits per heavy atom. The van der Waals surface area contributed by atoms with Crippen LogP contribution in [-0.4, -0.2) is 17.1 Å². The highest BCUT2D eigenvalue weighted by molar-refractivity contribution is 5.85. The maximum Gasteiger partial charge on any atom is 0.128 e. The summed E-state index contributed by atoms with van der Waals surface area (Å²) in [5.41, 5.74) is 0.672. The maximum absolute atomic E-state index is 14.3. The van der Waals surface area contributed by atoms with E-state index in [1.165, 1.54) is 18.2 Å². The zero-order chi connectivity index (χ0) is 19.8. The summed E-state index contributed by atoms with van der Waals surface area (Å²) in [7, 11) is 0. The number of rotatable bonds is 5. The zero-order valence-corrected chi connectivity index (χ0v) is 15.7. The van der Waals surface area contributed by atoms with Crippen LogP contribution in [0.25, 0.3) is 21.5 Å². The monoisotopic (exact) mass is 390 g/mol. The minimum Gasteiger partial charge on any atom is -0.490 e. The number of aromatic nitrogens is 1. The van der Waals surface area contributed by atoms with Crippen molar-refractivity contribution in [2.24, 2.45) is 0 Å². The smallest absolute Gasteiger partial charge is 0.128 e. The van der Waals surface area contributed by atoms with Gasteiger partial charge in [-0.05, 0) is 71.5 Å². The van der Waals surface area contributed by atoms with Gasteiger partial charge in [0.1, 0.15) is 23.5 Å². The average Bonchev–Trinajstić information content (AvgIpc) is 2.70. The van der Waals surface area contributed by atoms with Crippen molar-refractivity contribution in [1.29, 1.82) is 0 Å². The number of nitrogens with zero attached hydrogens (tertiary/aromatic N) is 1. The Bertz CT molecular complexity index is 1190. The van der Waals surface area contributed by atoms with Gasteiger partial charge in [-0.2, -0.15) is 0 Å². The summed E-state index contributed by atoms with van der Waals surface area (Å²) < 4.78 is 33.8. The molecule has 0 radical (unpaired) electrons. The largest absolute Gasteiger partial charge is 0.490 e. The van der Waals surface area contributed by atoms with Gasteiger partial charge in [0.2, 0.25) is 0 Å². The van der Waals surface area contributed by atoms with Crippen molar-refractivity contribution in [3.05, 3.63) is 84.2 Å². The third-order valence-electron chi connectivity index (χ3n) is 5.61. The van der Waals surface area contributed by atoms with Gasteiger partial charge in [0.25, 0.3) is 0 Å². The second kappa shape index (κ2) is 7.41. The second-order valence-corrected chi connectivity index (χ2v) is 7.57. The predicted molar refractivity (Wildman–Crippen MR) is 110 cm³/mol. The average molecular weight is 390 g/mol. The Kier molecular flexibility index (Phi) is 4.60. The summed E-state index contributed by atoms with van der Waals surface area (Å²) in [6.45, 7) is 0.472. The topological polar surface area (TPSA) is 34.1 Å². The van der Waals surface area contributed by atoms with Gasteiger partial charge >= 0.3 is 0 Å². The van der Waals surface area contributed by atoms with Crippen LogP contribution in [0.5, 0.6) is 5.75 Å². The molecule has 1 heterocycles. The molecule has 0 atom stereocenters. The SMILES string of the molecule is Fc1ccc2ccc(OC3CC(NCc4c(F)ccc5cnccc45)C3)cc2c1. The van der Waals surface area contributed by atoms with Gasteiger partial charge in [-0.15, -0.1) is 0 Å². The van der Waals surface area contributed by atoms with Crippen LogP contribution in [0.2, 0.25) is 0 Å². The number of fused-ring (bicyclic) bond motifs is 2. The Morgan fingerprint density at radius 1 is 0.931 bits per heavy atom. The van der Waals surface area contributed by atoms with Gasteiger partial charge in [-0.25, -0.2) is 8.78 Å². The quantitative estimate of drug-likeness (QED) is 0.498. The zero-order valence-electron chi connectivity index (χ0n) is 15.7. The van der Waals surface area contributed by atoms with Crippen molar-refractivity contribution < 1.29 is 13.5 Å². The highest BCUT2D eigenvalue weighted by Gasteiger charge is 2.30. The first-order chi connectivity index (χ1) is 14.2. The number of hydrogen-bond donors (Lipinski definition) is 1. The minimum absolute atomic E-state index is 0.111. The number of pyridine rings is 1. The standard InChI is InChI=1S/C24H20F2N2O/c25-18-4-1-15-2-5-20(10-17(15)9-18)29-21-11-19(12-21)28-14-23-22-7-8-27-13-16(22)3-6-24(23)26/h1-10,13,19,21,28H,11-12,14H2. The molecular formula is C24H20F2N2O. The molecule has 29 heavy (non-hydrogen) atoms. The van der Waals surface area contributed by atoms with Crippen molar-refractivity contribution in [3.8, 4) is 5.75 Å². The molecule has 1 saturated carbocycles. The molecule has 3 aromatic carbocycles. The number of hydrogen-bond acceptors (Lipinski definition) is 3. The molecular weight excluding hydrogens is 370 g/mol. The molecule has 0 bridgehead atoms. The fourth-order valence-corrected chi connectivity index (χ4v) is 3.92. The van der Waals surface area contributed by atoms with Crippen LogP contribution in [-0.2, 0) is 6.54 Å². The molecule has 0 unspecified atom stereocenters. The van der Waals surface area contributed by atoms with Crippen molar-refractivity contribution in [3.63, 3.8) is 0 Å². The summed E-state index contributed by atoms with van der Waals surface area (Å²) in [5.74, 6) is 0.296. The summed E-state index contributed by atoms with van der Waals surface area (Å²) in [6.07, 6.45) is 5.26. The summed E-state index contributed by atoms with van der Waals surface area (Å²) in [5, 5.41) is 7.08. The Hall–Kier alpha value is -3.05. The minimum atomic E-state index is -0.251. The molecule has 146 valence electrons.